The molecule has 10 heavy (non-hydrogen) atoms. The molecule has 1 saturated carbocycles. The first-order valence-electron chi connectivity index (χ1n) is 4.79. The average molecular weight is 140 g/mol. The second-order valence-electron chi connectivity index (χ2n) is 4.13. The van der Waals surface area contributed by atoms with Crippen LogP contribution in [-0.2, 0) is 0 Å². The highest BCUT2D eigenvalue weighted by Gasteiger charge is 2.13. The van der Waals surface area contributed by atoms with Gasteiger partial charge >= 0.3 is 0 Å². The van der Waals surface area contributed by atoms with Gasteiger partial charge < -0.3 is 0 Å². The molecule has 1 aliphatic rings. The van der Waals surface area contributed by atoms with Gasteiger partial charge in [0.15, 0.2) is 0 Å². The lowest BCUT2D eigenvalue weighted by molar-refractivity contribution is 0.305. The maximum atomic E-state index is 2.34. The number of hydrogen-bond acceptors (Lipinski definition) is 0. The zero-order chi connectivity index (χ0) is 7.40. The van der Waals surface area contributed by atoms with Gasteiger partial charge in [-0.15, -0.1) is 0 Å². The van der Waals surface area contributed by atoms with Gasteiger partial charge in [-0.05, 0) is 18.3 Å². The summed E-state index contributed by atoms with van der Waals surface area (Å²) in [5, 5.41) is 0. The van der Waals surface area contributed by atoms with Crippen molar-refractivity contribution in [3.8, 4) is 0 Å². The van der Waals surface area contributed by atoms with E-state index in [1.54, 1.807) is 0 Å². The van der Waals surface area contributed by atoms with Crippen molar-refractivity contribution in [1.29, 1.82) is 0 Å². The quantitative estimate of drug-likeness (QED) is 0.549. The standard InChI is InChI=1S/C10H20/c1-9(2)8-10-6-4-3-5-7-10/h9-10H,3-8H2,1-2H3. The Balaban J connectivity index is 2.13. The molecule has 0 unspecified atom stereocenters. The van der Waals surface area contributed by atoms with Gasteiger partial charge in [-0.25, -0.2) is 0 Å². The summed E-state index contributed by atoms with van der Waals surface area (Å²) in [7, 11) is 0. The van der Waals surface area contributed by atoms with E-state index in [-0.39, 0.29) is 0 Å². The Kier molecular flexibility index (Phi) is 3.24. The van der Waals surface area contributed by atoms with E-state index in [1.165, 1.54) is 38.5 Å². The number of rotatable bonds is 2. The summed E-state index contributed by atoms with van der Waals surface area (Å²) >= 11 is 0. The van der Waals surface area contributed by atoms with E-state index in [1.807, 2.05) is 0 Å². The van der Waals surface area contributed by atoms with Gasteiger partial charge in [-0.3, -0.25) is 0 Å². The Morgan fingerprint density at radius 3 is 2.20 bits per heavy atom. The minimum absolute atomic E-state index is 0.920. The maximum Gasteiger partial charge on any atom is -0.0412 e. The SMILES string of the molecule is CC(C)CC1CCCCC1. The molecule has 0 atom stereocenters. The molecule has 0 spiro atoms. The molecule has 0 heteroatoms. The highest BCUT2D eigenvalue weighted by molar-refractivity contribution is 4.66. The minimum atomic E-state index is 0.920. The molecule has 0 aromatic rings. The van der Waals surface area contributed by atoms with Crippen LogP contribution in [0, 0.1) is 11.8 Å². The van der Waals surface area contributed by atoms with Crippen molar-refractivity contribution in [1.82, 2.24) is 0 Å². The molecule has 0 radical (unpaired) electrons. The van der Waals surface area contributed by atoms with Crippen molar-refractivity contribution in [2.24, 2.45) is 11.8 Å². The molecule has 0 aliphatic heterocycles. The van der Waals surface area contributed by atoms with Gasteiger partial charge in [0.2, 0.25) is 0 Å². The second kappa shape index (κ2) is 4.00. The second-order valence-corrected chi connectivity index (χ2v) is 4.13. The molecule has 0 amide bonds. The monoisotopic (exact) mass is 140 g/mol. The third-order valence-electron chi connectivity index (χ3n) is 2.53. The molecule has 1 fully saturated rings. The first kappa shape index (κ1) is 8.10. The van der Waals surface area contributed by atoms with Crippen LogP contribution in [0.2, 0.25) is 0 Å². The molecule has 1 rings (SSSR count). The predicted octanol–water partition coefficient (Wildman–Crippen LogP) is 3.61. The highest BCUT2D eigenvalue weighted by Crippen LogP contribution is 2.28. The van der Waals surface area contributed by atoms with Gasteiger partial charge in [-0.2, -0.15) is 0 Å². The van der Waals surface area contributed by atoms with Crippen LogP contribution < -0.4 is 0 Å². The summed E-state index contributed by atoms with van der Waals surface area (Å²) in [6.45, 7) is 4.68. The van der Waals surface area contributed by atoms with Crippen molar-refractivity contribution in [2.45, 2.75) is 52.4 Å². The first-order valence-corrected chi connectivity index (χ1v) is 4.79. The molecule has 0 aromatic heterocycles. The summed E-state index contributed by atoms with van der Waals surface area (Å²) in [5.41, 5.74) is 0. The van der Waals surface area contributed by atoms with Crippen molar-refractivity contribution < 1.29 is 0 Å². The van der Waals surface area contributed by atoms with E-state index in [4.69, 9.17) is 0 Å². The molecule has 0 heterocycles. The fraction of sp³-hybridized carbons (Fsp3) is 1.00. The topological polar surface area (TPSA) is 0 Å². The summed E-state index contributed by atoms with van der Waals surface area (Å²) in [5.74, 6) is 2.00. The van der Waals surface area contributed by atoms with E-state index < -0.39 is 0 Å². The van der Waals surface area contributed by atoms with E-state index in [9.17, 15) is 0 Å². The molecule has 60 valence electrons. The molecule has 1 aliphatic carbocycles. The van der Waals surface area contributed by atoms with Crippen molar-refractivity contribution in [3.63, 3.8) is 0 Å². The van der Waals surface area contributed by atoms with E-state index in [2.05, 4.69) is 13.8 Å². The lowest BCUT2D eigenvalue weighted by Gasteiger charge is -2.22. The summed E-state index contributed by atoms with van der Waals surface area (Å²) in [4.78, 5) is 0. The Morgan fingerprint density at radius 2 is 1.70 bits per heavy atom. The summed E-state index contributed by atoms with van der Waals surface area (Å²) in [6.07, 6.45) is 8.99. The fourth-order valence-corrected chi connectivity index (χ4v) is 2.09. The first-order chi connectivity index (χ1) is 4.79. The van der Waals surface area contributed by atoms with Crippen LogP contribution in [0.25, 0.3) is 0 Å². The van der Waals surface area contributed by atoms with Gasteiger partial charge in [0.25, 0.3) is 0 Å². The largest absolute Gasteiger partial charge is 0.0628 e. The fourth-order valence-electron chi connectivity index (χ4n) is 2.09. The zero-order valence-corrected chi connectivity index (χ0v) is 7.40. The van der Waals surface area contributed by atoms with E-state index in [0.717, 1.165) is 11.8 Å². The molecule has 0 bridgehead atoms. The Bertz CT molecular complexity index is 78.0. The minimum Gasteiger partial charge on any atom is -0.0628 e. The van der Waals surface area contributed by atoms with Crippen LogP contribution in [0.4, 0.5) is 0 Å². The van der Waals surface area contributed by atoms with Gasteiger partial charge in [0.1, 0.15) is 0 Å². The molecule has 0 N–H and O–H groups in total. The predicted molar refractivity (Wildman–Crippen MR) is 46.0 cm³/mol. The third kappa shape index (κ3) is 2.72. The van der Waals surface area contributed by atoms with E-state index in [0.29, 0.717) is 0 Å². The third-order valence-corrected chi connectivity index (χ3v) is 2.53. The average Bonchev–Trinajstić information content (AvgIpc) is 1.88. The zero-order valence-electron chi connectivity index (χ0n) is 7.40. The Hall–Kier alpha value is 0. The van der Waals surface area contributed by atoms with Crippen molar-refractivity contribution in [3.05, 3.63) is 0 Å². The van der Waals surface area contributed by atoms with E-state index >= 15 is 0 Å². The van der Waals surface area contributed by atoms with Crippen molar-refractivity contribution >= 4 is 0 Å². The van der Waals surface area contributed by atoms with Crippen LogP contribution in [0.15, 0.2) is 0 Å². The summed E-state index contributed by atoms with van der Waals surface area (Å²) < 4.78 is 0. The lowest BCUT2D eigenvalue weighted by Crippen LogP contribution is -2.08. The van der Waals surface area contributed by atoms with Crippen molar-refractivity contribution in [2.75, 3.05) is 0 Å². The van der Waals surface area contributed by atoms with Gasteiger partial charge in [0.05, 0.1) is 0 Å². The van der Waals surface area contributed by atoms with Crippen LogP contribution in [-0.4, -0.2) is 0 Å². The lowest BCUT2D eigenvalue weighted by atomic mass is 9.84. The molecular formula is C10H20. The normalized spacial score (nSPS) is 21.9. The Morgan fingerprint density at radius 1 is 1.10 bits per heavy atom. The maximum absolute atomic E-state index is 2.34. The van der Waals surface area contributed by atoms with Gasteiger partial charge in [-0.1, -0.05) is 46.0 Å². The molecule has 0 nitrogen and oxygen atoms in total. The Labute approximate surface area is 65.0 Å². The van der Waals surface area contributed by atoms with Crippen LogP contribution in [0.5, 0.6) is 0 Å². The van der Waals surface area contributed by atoms with Gasteiger partial charge in [0, 0.05) is 0 Å². The molecular weight excluding hydrogens is 120 g/mol. The number of hydrogen-bond donors (Lipinski definition) is 0. The smallest absolute Gasteiger partial charge is 0.0412 e. The van der Waals surface area contributed by atoms with Crippen LogP contribution in [0.3, 0.4) is 0 Å². The van der Waals surface area contributed by atoms with Crippen LogP contribution >= 0.6 is 0 Å². The molecule has 0 aromatic carbocycles. The molecule has 0 saturated heterocycles. The summed E-state index contributed by atoms with van der Waals surface area (Å²) in [6, 6.07) is 0. The highest BCUT2D eigenvalue weighted by atomic mass is 14.2. The van der Waals surface area contributed by atoms with Crippen LogP contribution in [0.1, 0.15) is 52.4 Å².